The van der Waals surface area contributed by atoms with E-state index in [1.165, 1.54) is 30.4 Å². The standard InChI is InChI=1S/C21H23NO2/c23-18-10-4-9-17-20(18)24-19-14-22(13-15-6-2-1-3-7-15)16-8-5-11-21(17,19)12-16/h1-4,6-7,9-10,16,19,23H,5,8,11-14H2/t16?,19-,21+/m0/s1. The minimum Gasteiger partial charge on any atom is -0.504 e. The number of nitrogens with zero attached hydrogens (tertiary/aromatic N) is 1. The van der Waals surface area contributed by atoms with Gasteiger partial charge in [-0.1, -0.05) is 48.9 Å². The molecule has 0 amide bonds. The number of hydrogen-bond donors (Lipinski definition) is 1. The van der Waals surface area contributed by atoms with Crippen molar-refractivity contribution in [3.63, 3.8) is 0 Å². The lowest BCUT2D eigenvalue weighted by Crippen LogP contribution is -2.59. The number of fused-ring (bicyclic) bond motifs is 2. The quantitative estimate of drug-likeness (QED) is 0.912. The maximum absolute atomic E-state index is 10.2. The second-order valence-electron chi connectivity index (χ2n) is 7.58. The second-order valence-corrected chi connectivity index (χ2v) is 7.58. The van der Waals surface area contributed by atoms with Crippen LogP contribution in [0.5, 0.6) is 11.5 Å². The van der Waals surface area contributed by atoms with Crippen LogP contribution in [0, 0.1) is 0 Å². The summed E-state index contributed by atoms with van der Waals surface area (Å²) in [4.78, 5) is 2.60. The molecule has 3 aliphatic rings. The van der Waals surface area contributed by atoms with E-state index in [9.17, 15) is 5.11 Å². The number of para-hydroxylation sites is 1. The molecule has 2 fully saturated rings. The van der Waals surface area contributed by atoms with E-state index >= 15 is 0 Å². The summed E-state index contributed by atoms with van der Waals surface area (Å²) in [6.45, 7) is 1.94. The smallest absolute Gasteiger partial charge is 0.165 e. The number of likely N-dealkylation sites (tertiary alicyclic amines) is 1. The van der Waals surface area contributed by atoms with Crippen LogP contribution in [0.25, 0.3) is 0 Å². The van der Waals surface area contributed by atoms with E-state index in [-0.39, 0.29) is 11.5 Å². The third-order valence-corrected chi connectivity index (χ3v) is 6.31. The van der Waals surface area contributed by atoms with Crippen molar-refractivity contribution in [2.24, 2.45) is 0 Å². The lowest BCUT2D eigenvalue weighted by Gasteiger charge is -2.51. The number of phenols is 1. The van der Waals surface area contributed by atoms with Crippen LogP contribution >= 0.6 is 0 Å². The van der Waals surface area contributed by atoms with E-state index in [1.54, 1.807) is 6.07 Å². The Morgan fingerprint density at radius 1 is 1.12 bits per heavy atom. The largest absolute Gasteiger partial charge is 0.504 e. The molecule has 2 heterocycles. The minimum atomic E-state index is 0.115. The van der Waals surface area contributed by atoms with Gasteiger partial charge in [0.25, 0.3) is 0 Å². The fourth-order valence-electron chi connectivity index (χ4n) is 5.18. The maximum atomic E-state index is 10.2. The Morgan fingerprint density at radius 3 is 2.88 bits per heavy atom. The number of rotatable bonds is 2. The first kappa shape index (κ1) is 14.4. The van der Waals surface area contributed by atoms with Crippen LogP contribution in [-0.4, -0.2) is 28.7 Å². The Labute approximate surface area is 142 Å². The van der Waals surface area contributed by atoms with Gasteiger partial charge in [-0.3, -0.25) is 4.90 Å². The molecule has 1 spiro atoms. The summed E-state index contributed by atoms with van der Waals surface area (Å²) in [7, 11) is 0. The topological polar surface area (TPSA) is 32.7 Å². The van der Waals surface area contributed by atoms with Crippen LogP contribution in [0.4, 0.5) is 0 Å². The maximum Gasteiger partial charge on any atom is 0.165 e. The average molecular weight is 321 g/mol. The molecule has 2 aromatic rings. The molecular formula is C21H23NO2. The van der Waals surface area contributed by atoms with E-state index in [0.29, 0.717) is 11.8 Å². The first-order valence-corrected chi connectivity index (χ1v) is 9.03. The van der Waals surface area contributed by atoms with Crippen molar-refractivity contribution >= 4 is 0 Å². The van der Waals surface area contributed by atoms with Gasteiger partial charge in [-0.2, -0.15) is 0 Å². The molecular weight excluding hydrogens is 298 g/mol. The van der Waals surface area contributed by atoms with Gasteiger partial charge in [0.15, 0.2) is 11.5 Å². The molecule has 3 nitrogen and oxygen atoms in total. The van der Waals surface area contributed by atoms with Gasteiger partial charge in [0.2, 0.25) is 0 Å². The molecule has 124 valence electrons. The van der Waals surface area contributed by atoms with Gasteiger partial charge in [-0.05, 0) is 30.9 Å². The number of phenolic OH excluding ortho intramolecular Hbond substituents is 1. The molecule has 1 saturated carbocycles. The van der Waals surface area contributed by atoms with Crippen molar-refractivity contribution < 1.29 is 9.84 Å². The Morgan fingerprint density at radius 2 is 2.00 bits per heavy atom. The molecule has 1 aliphatic carbocycles. The number of piperidine rings is 1. The first-order chi connectivity index (χ1) is 11.8. The van der Waals surface area contributed by atoms with E-state index in [4.69, 9.17) is 4.74 Å². The van der Waals surface area contributed by atoms with Crippen LogP contribution in [0.1, 0.15) is 36.8 Å². The second kappa shape index (κ2) is 5.25. The molecule has 24 heavy (non-hydrogen) atoms. The van der Waals surface area contributed by atoms with Crippen molar-refractivity contribution in [2.75, 3.05) is 6.54 Å². The zero-order valence-corrected chi connectivity index (χ0v) is 13.8. The Bertz CT molecular complexity index is 760. The summed E-state index contributed by atoms with van der Waals surface area (Å²) in [6.07, 6.45) is 5.02. The molecule has 1 saturated heterocycles. The van der Waals surface area contributed by atoms with Crippen molar-refractivity contribution in [3.8, 4) is 11.5 Å². The third kappa shape index (κ3) is 2.01. The number of ether oxygens (including phenoxy) is 1. The van der Waals surface area contributed by atoms with Crippen LogP contribution in [0.2, 0.25) is 0 Å². The monoisotopic (exact) mass is 321 g/mol. The lowest BCUT2D eigenvalue weighted by atomic mass is 9.63. The zero-order chi connectivity index (χ0) is 16.1. The molecule has 5 rings (SSSR count). The predicted molar refractivity (Wildman–Crippen MR) is 93.3 cm³/mol. The Kier molecular flexibility index (Phi) is 3.14. The Hall–Kier alpha value is -2.00. The van der Waals surface area contributed by atoms with Crippen molar-refractivity contribution in [1.82, 2.24) is 4.90 Å². The molecule has 1 unspecified atom stereocenters. The van der Waals surface area contributed by atoms with E-state index in [0.717, 1.165) is 25.3 Å². The van der Waals surface area contributed by atoms with Gasteiger partial charge in [-0.15, -0.1) is 0 Å². The van der Waals surface area contributed by atoms with Crippen LogP contribution in [0.3, 0.4) is 0 Å². The molecule has 2 aromatic carbocycles. The SMILES string of the molecule is Oc1cccc2c1O[C@H]1CN(Cc3ccccc3)C3CCC[C@@]21C3. The van der Waals surface area contributed by atoms with E-state index < -0.39 is 0 Å². The fourth-order valence-corrected chi connectivity index (χ4v) is 5.18. The minimum absolute atomic E-state index is 0.115. The van der Waals surface area contributed by atoms with Crippen LogP contribution in [-0.2, 0) is 12.0 Å². The Balaban J connectivity index is 1.48. The van der Waals surface area contributed by atoms with Crippen molar-refractivity contribution in [1.29, 1.82) is 0 Å². The average Bonchev–Trinajstić information content (AvgIpc) is 2.91. The van der Waals surface area contributed by atoms with Gasteiger partial charge < -0.3 is 9.84 Å². The summed E-state index contributed by atoms with van der Waals surface area (Å²) in [6, 6.07) is 17.2. The number of aromatic hydroxyl groups is 1. The van der Waals surface area contributed by atoms with E-state index in [1.807, 2.05) is 6.07 Å². The third-order valence-electron chi connectivity index (χ3n) is 6.31. The highest BCUT2D eigenvalue weighted by Crippen LogP contribution is 2.56. The van der Waals surface area contributed by atoms with Gasteiger partial charge in [0, 0.05) is 30.1 Å². The van der Waals surface area contributed by atoms with E-state index in [2.05, 4.69) is 41.3 Å². The number of hydrogen-bond acceptors (Lipinski definition) is 3. The van der Waals surface area contributed by atoms with Gasteiger partial charge >= 0.3 is 0 Å². The summed E-state index contributed by atoms with van der Waals surface area (Å²) in [5, 5.41) is 10.2. The van der Waals surface area contributed by atoms with Gasteiger partial charge in [-0.25, -0.2) is 0 Å². The van der Waals surface area contributed by atoms with Gasteiger partial charge in [0.05, 0.1) is 0 Å². The molecule has 2 bridgehead atoms. The molecule has 1 N–H and O–H groups in total. The molecule has 0 radical (unpaired) electrons. The molecule has 3 heteroatoms. The highest BCUT2D eigenvalue weighted by atomic mass is 16.5. The highest BCUT2D eigenvalue weighted by Gasteiger charge is 2.56. The summed E-state index contributed by atoms with van der Waals surface area (Å²) in [5.74, 6) is 1.04. The molecule has 2 aliphatic heterocycles. The van der Waals surface area contributed by atoms with Crippen molar-refractivity contribution in [3.05, 3.63) is 59.7 Å². The zero-order valence-electron chi connectivity index (χ0n) is 13.8. The first-order valence-electron chi connectivity index (χ1n) is 9.03. The number of benzene rings is 2. The molecule has 3 atom stereocenters. The summed E-state index contributed by atoms with van der Waals surface area (Å²) in [5.41, 5.74) is 2.73. The summed E-state index contributed by atoms with van der Waals surface area (Å²) < 4.78 is 6.29. The highest BCUT2D eigenvalue weighted by molar-refractivity contribution is 5.54. The lowest BCUT2D eigenvalue weighted by molar-refractivity contribution is -0.0259. The van der Waals surface area contributed by atoms with Crippen LogP contribution < -0.4 is 4.74 Å². The van der Waals surface area contributed by atoms with Crippen molar-refractivity contribution in [2.45, 2.75) is 49.8 Å². The fraction of sp³-hybridized carbons (Fsp3) is 0.429. The normalized spacial score (nSPS) is 31.2. The van der Waals surface area contributed by atoms with Crippen LogP contribution in [0.15, 0.2) is 48.5 Å². The summed E-state index contributed by atoms with van der Waals surface area (Å²) >= 11 is 0. The molecule has 0 aromatic heterocycles. The predicted octanol–water partition coefficient (Wildman–Crippen LogP) is 3.85. The van der Waals surface area contributed by atoms with Gasteiger partial charge in [0.1, 0.15) is 6.10 Å².